The van der Waals surface area contributed by atoms with Crippen molar-refractivity contribution in [2.45, 2.75) is 18.5 Å². The van der Waals surface area contributed by atoms with Gasteiger partial charge in [0.05, 0.1) is 12.2 Å². The van der Waals surface area contributed by atoms with Crippen molar-refractivity contribution in [2.75, 3.05) is 7.05 Å². The monoisotopic (exact) mass is 341 g/mol. The molecule has 6 nitrogen and oxygen atoms in total. The van der Waals surface area contributed by atoms with Crippen LogP contribution in [0.25, 0.3) is 0 Å². The van der Waals surface area contributed by atoms with E-state index in [9.17, 15) is 21.6 Å². The largest absolute Gasteiger partial charge is 0.434 e. The summed E-state index contributed by atoms with van der Waals surface area (Å²) in [5.74, 6) is -0.391. The second kappa shape index (κ2) is 5.73. The van der Waals surface area contributed by atoms with Crippen molar-refractivity contribution in [3.63, 3.8) is 0 Å². The molecule has 0 saturated carbocycles. The fourth-order valence-electron chi connectivity index (χ4n) is 1.41. The quantitative estimate of drug-likeness (QED) is 0.832. The van der Waals surface area contributed by atoms with Crippen molar-refractivity contribution in [1.82, 2.24) is 14.4 Å². The fraction of sp³-hybridized carbons (Fsp3) is 0.400. The Bertz CT molecular complexity index is 695. The Morgan fingerprint density at radius 3 is 2.67 bits per heavy atom. The molecule has 0 aliphatic rings. The van der Waals surface area contributed by atoms with E-state index in [2.05, 4.69) is 14.7 Å². The second-order valence-electron chi connectivity index (χ2n) is 4.13. The number of sulfonamides is 1. The lowest BCUT2D eigenvalue weighted by Crippen LogP contribution is -2.27. The minimum atomic E-state index is -4.53. The van der Waals surface area contributed by atoms with Gasteiger partial charge < -0.3 is 4.52 Å². The molecular weight excluding hydrogens is 331 g/mol. The zero-order chi connectivity index (χ0) is 15.7. The molecule has 0 unspecified atom stereocenters. The number of thiazole rings is 1. The summed E-state index contributed by atoms with van der Waals surface area (Å²) in [6.07, 6.45) is -3.30. The zero-order valence-corrected chi connectivity index (χ0v) is 12.3. The fourth-order valence-corrected chi connectivity index (χ4v) is 3.41. The van der Waals surface area contributed by atoms with E-state index >= 15 is 0 Å². The molecule has 0 amide bonds. The first kappa shape index (κ1) is 15.9. The van der Waals surface area contributed by atoms with Gasteiger partial charge in [-0.1, -0.05) is 5.16 Å². The molecule has 0 aliphatic carbocycles. The summed E-state index contributed by atoms with van der Waals surface area (Å²) in [5.41, 5.74) is -0.804. The SMILES string of the molecule is CN(Cc1nc(C(F)(F)F)cs1)S(=O)(=O)Cc1ccon1. The molecule has 0 fully saturated rings. The van der Waals surface area contributed by atoms with Crippen molar-refractivity contribution < 1.29 is 26.1 Å². The van der Waals surface area contributed by atoms with E-state index < -0.39 is 27.6 Å². The van der Waals surface area contributed by atoms with Crippen LogP contribution in [0.1, 0.15) is 16.4 Å². The highest BCUT2D eigenvalue weighted by Gasteiger charge is 2.34. The molecule has 0 aromatic carbocycles. The van der Waals surface area contributed by atoms with Gasteiger partial charge in [-0.25, -0.2) is 13.4 Å². The maximum atomic E-state index is 12.4. The summed E-state index contributed by atoms with van der Waals surface area (Å²) >= 11 is 0.757. The van der Waals surface area contributed by atoms with Gasteiger partial charge in [-0.05, 0) is 0 Å². The van der Waals surface area contributed by atoms with Gasteiger partial charge >= 0.3 is 6.18 Å². The van der Waals surface area contributed by atoms with E-state index in [1.54, 1.807) is 0 Å². The molecule has 2 aromatic rings. The molecule has 0 radical (unpaired) electrons. The molecule has 0 spiro atoms. The van der Waals surface area contributed by atoms with Crippen molar-refractivity contribution in [3.05, 3.63) is 34.1 Å². The molecular formula is C10H10F3N3O3S2. The summed E-state index contributed by atoms with van der Waals surface area (Å²) in [5, 5.41) is 4.40. The Kier molecular flexibility index (Phi) is 4.35. The van der Waals surface area contributed by atoms with E-state index in [-0.39, 0.29) is 17.2 Å². The van der Waals surface area contributed by atoms with Crippen LogP contribution in [0.2, 0.25) is 0 Å². The van der Waals surface area contributed by atoms with Crippen LogP contribution >= 0.6 is 11.3 Å². The lowest BCUT2D eigenvalue weighted by molar-refractivity contribution is -0.140. The summed E-state index contributed by atoms with van der Waals surface area (Å²) in [6, 6.07) is 1.40. The highest BCUT2D eigenvalue weighted by atomic mass is 32.2. The number of aromatic nitrogens is 2. The summed E-state index contributed by atoms with van der Waals surface area (Å²) in [7, 11) is -2.44. The number of hydrogen-bond donors (Lipinski definition) is 0. The average molecular weight is 341 g/mol. The van der Waals surface area contributed by atoms with Gasteiger partial charge in [0.15, 0.2) is 5.69 Å². The Morgan fingerprint density at radius 2 is 2.14 bits per heavy atom. The highest BCUT2D eigenvalue weighted by molar-refractivity contribution is 7.88. The van der Waals surface area contributed by atoms with Crippen molar-refractivity contribution >= 4 is 21.4 Å². The van der Waals surface area contributed by atoms with Crippen LogP contribution in [-0.4, -0.2) is 29.9 Å². The molecule has 0 bridgehead atoms. The third-order valence-electron chi connectivity index (χ3n) is 2.50. The second-order valence-corrected chi connectivity index (χ2v) is 7.15. The minimum absolute atomic E-state index is 0.0635. The number of rotatable bonds is 5. The van der Waals surface area contributed by atoms with Gasteiger partial charge in [0.2, 0.25) is 10.0 Å². The molecule has 0 saturated heterocycles. The van der Waals surface area contributed by atoms with Crippen LogP contribution in [0.4, 0.5) is 13.2 Å². The Labute approximate surface area is 122 Å². The van der Waals surface area contributed by atoms with E-state index in [4.69, 9.17) is 0 Å². The van der Waals surface area contributed by atoms with E-state index in [0.29, 0.717) is 0 Å². The zero-order valence-electron chi connectivity index (χ0n) is 10.7. The molecule has 2 aromatic heterocycles. The normalized spacial score (nSPS) is 13.0. The maximum Gasteiger partial charge on any atom is 0.434 e. The third-order valence-corrected chi connectivity index (χ3v) is 5.07. The van der Waals surface area contributed by atoms with Crippen LogP contribution in [0, 0.1) is 0 Å². The standard InChI is InChI=1S/C10H10F3N3O3S2/c1-16(21(17,18)6-7-2-3-19-15-7)4-9-14-8(5-20-9)10(11,12)13/h2-3,5H,4,6H2,1H3. The molecule has 0 atom stereocenters. The van der Waals surface area contributed by atoms with Gasteiger partial charge in [0, 0.05) is 18.5 Å². The molecule has 2 heterocycles. The highest BCUT2D eigenvalue weighted by Crippen LogP contribution is 2.30. The van der Waals surface area contributed by atoms with Crippen LogP contribution in [-0.2, 0) is 28.5 Å². The number of hydrogen-bond acceptors (Lipinski definition) is 6. The number of nitrogens with zero attached hydrogens (tertiary/aromatic N) is 3. The summed E-state index contributed by atoms with van der Waals surface area (Å²) < 4.78 is 66.7. The first-order chi connectivity index (χ1) is 9.68. The molecule has 2 rings (SSSR count). The van der Waals surface area contributed by atoms with Gasteiger partial charge in [-0.3, -0.25) is 0 Å². The summed E-state index contributed by atoms with van der Waals surface area (Å²) in [6.45, 7) is -0.235. The summed E-state index contributed by atoms with van der Waals surface area (Å²) in [4.78, 5) is 3.39. The van der Waals surface area contributed by atoms with Crippen molar-refractivity contribution in [2.24, 2.45) is 0 Å². The molecule has 0 N–H and O–H groups in total. The van der Waals surface area contributed by atoms with Gasteiger partial charge in [0.25, 0.3) is 0 Å². The first-order valence-electron chi connectivity index (χ1n) is 5.53. The van der Waals surface area contributed by atoms with Crippen LogP contribution in [0.5, 0.6) is 0 Å². The van der Waals surface area contributed by atoms with Crippen molar-refractivity contribution in [3.8, 4) is 0 Å². The van der Waals surface area contributed by atoms with Gasteiger partial charge in [-0.2, -0.15) is 17.5 Å². The lowest BCUT2D eigenvalue weighted by Gasteiger charge is -2.14. The molecule has 21 heavy (non-hydrogen) atoms. The number of alkyl halides is 3. The van der Waals surface area contributed by atoms with Crippen LogP contribution in [0.3, 0.4) is 0 Å². The average Bonchev–Trinajstić information content (AvgIpc) is 2.98. The Hall–Kier alpha value is -1.46. The predicted molar refractivity (Wildman–Crippen MR) is 67.7 cm³/mol. The molecule has 11 heteroatoms. The first-order valence-corrected chi connectivity index (χ1v) is 8.02. The Morgan fingerprint density at radius 1 is 1.43 bits per heavy atom. The Balaban J connectivity index is 2.07. The van der Waals surface area contributed by atoms with Crippen molar-refractivity contribution in [1.29, 1.82) is 0 Å². The van der Waals surface area contributed by atoms with E-state index in [0.717, 1.165) is 21.0 Å². The van der Waals surface area contributed by atoms with E-state index in [1.165, 1.54) is 19.4 Å². The van der Waals surface area contributed by atoms with Gasteiger partial charge in [0.1, 0.15) is 17.0 Å². The molecule has 116 valence electrons. The number of halogens is 3. The van der Waals surface area contributed by atoms with Gasteiger partial charge in [-0.15, -0.1) is 11.3 Å². The lowest BCUT2D eigenvalue weighted by atomic mass is 10.5. The van der Waals surface area contributed by atoms with Crippen LogP contribution in [0.15, 0.2) is 22.2 Å². The third kappa shape index (κ3) is 4.02. The smallest absolute Gasteiger partial charge is 0.364 e. The van der Waals surface area contributed by atoms with E-state index in [1.807, 2.05) is 0 Å². The predicted octanol–water partition coefficient (Wildman–Crippen LogP) is 2.11. The van der Waals surface area contributed by atoms with Crippen LogP contribution < -0.4 is 0 Å². The topological polar surface area (TPSA) is 76.3 Å². The maximum absolute atomic E-state index is 12.4. The molecule has 0 aliphatic heterocycles. The minimum Gasteiger partial charge on any atom is -0.364 e.